The standard InChI is InChI=1S/C32H30N6O11/c1-49-28-9-8-19(12-27(28)38(47)48)20-10-25(23-6-2-4-21(33-23)13-36(15-29(39)40)16-30(41)42)35-26(11-20)24-7-3-5-22(34-24)14-37(17-31(43)44)18-32(45)46/h2-12H,13-18H2,1H3,(H,39,40)(H,41,42)(H,43,44)(H,45,46). The lowest BCUT2D eigenvalue weighted by molar-refractivity contribution is -0.385. The molecule has 0 aliphatic carbocycles. The molecule has 0 bridgehead atoms. The van der Waals surface area contributed by atoms with Crippen molar-refractivity contribution in [3.8, 4) is 39.7 Å². The SMILES string of the molecule is COc1ccc(-c2cc(-c3cccc(CN(CC(=O)O)CC(=O)O)n3)nc(-c3cccc(CN(CC(=O)O)CC(=O)O)n3)c2)cc1[N+](=O)[O-]. The zero-order valence-corrected chi connectivity index (χ0v) is 25.9. The molecule has 1 aromatic carbocycles. The van der Waals surface area contributed by atoms with Gasteiger partial charge in [-0.2, -0.15) is 0 Å². The minimum atomic E-state index is -1.21. The Labute approximate surface area is 277 Å². The zero-order chi connectivity index (χ0) is 35.7. The lowest BCUT2D eigenvalue weighted by Crippen LogP contribution is -2.34. The van der Waals surface area contributed by atoms with Crippen molar-refractivity contribution in [2.75, 3.05) is 33.3 Å². The molecule has 0 radical (unpaired) electrons. The third-order valence-electron chi connectivity index (χ3n) is 6.88. The van der Waals surface area contributed by atoms with Crippen LogP contribution < -0.4 is 4.74 Å². The molecule has 0 unspecified atom stereocenters. The molecular weight excluding hydrogens is 644 g/mol. The summed E-state index contributed by atoms with van der Waals surface area (Å²) in [6.45, 7) is -2.35. The van der Waals surface area contributed by atoms with E-state index in [-0.39, 0.29) is 24.5 Å². The third-order valence-corrected chi connectivity index (χ3v) is 6.88. The van der Waals surface area contributed by atoms with Gasteiger partial charge in [0.25, 0.3) is 0 Å². The average molecular weight is 675 g/mol. The first-order chi connectivity index (χ1) is 23.3. The maximum absolute atomic E-state index is 11.8. The Morgan fingerprint density at radius 2 is 1.10 bits per heavy atom. The smallest absolute Gasteiger partial charge is 0.317 e. The van der Waals surface area contributed by atoms with Crippen molar-refractivity contribution in [2.24, 2.45) is 0 Å². The van der Waals surface area contributed by atoms with Gasteiger partial charge in [-0.25, -0.2) is 15.0 Å². The predicted octanol–water partition coefficient (Wildman–Crippen LogP) is 2.73. The van der Waals surface area contributed by atoms with Gasteiger partial charge in [0.1, 0.15) is 0 Å². The van der Waals surface area contributed by atoms with Crippen LogP contribution in [0.25, 0.3) is 33.9 Å². The molecule has 0 aliphatic rings. The fraction of sp³-hybridized carbons (Fsp3) is 0.219. The minimum Gasteiger partial charge on any atom is -0.490 e. The number of carboxylic acid groups (broad SMARTS) is 4. The summed E-state index contributed by atoms with van der Waals surface area (Å²) in [6, 6.07) is 17.4. The van der Waals surface area contributed by atoms with E-state index in [1.54, 1.807) is 54.6 Å². The van der Waals surface area contributed by atoms with Crippen LogP contribution in [-0.2, 0) is 32.3 Å². The number of nitro benzene ring substituents is 1. The summed E-state index contributed by atoms with van der Waals surface area (Å²) in [5.74, 6) is -4.81. The summed E-state index contributed by atoms with van der Waals surface area (Å²) in [7, 11) is 1.31. The molecule has 3 aromatic heterocycles. The number of rotatable bonds is 17. The number of carbonyl (C=O) groups is 4. The molecule has 49 heavy (non-hydrogen) atoms. The molecular formula is C32H30N6O11. The van der Waals surface area contributed by atoms with Gasteiger partial charge < -0.3 is 25.2 Å². The molecule has 0 fully saturated rings. The number of nitrogens with zero attached hydrogens (tertiary/aromatic N) is 6. The molecule has 0 saturated heterocycles. The molecule has 4 N–H and O–H groups in total. The van der Waals surface area contributed by atoms with Crippen LogP contribution in [0.15, 0.2) is 66.7 Å². The largest absolute Gasteiger partial charge is 0.490 e. The van der Waals surface area contributed by atoms with E-state index in [2.05, 4.69) is 9.97 Å². The summed E-state index contributed by atoms with van der Waals surface area (Å²) < 4.78 is 5.14. The minimum absolute atomic E-state index is 0.0477. The summed E-state index contributed by atoms with van der Waals surface area (Å²) in [4.78, 5) is 72.8. The van der Waals surface area contributed by atoms with E-state index in [1.807, 2.05) is 0 Å². The second-order valence-corrected chi connectivity index (χ2v) is 10.7. The summed E-state index contributed by atoms with van der Waals surface area (Å²) in [6.07, 6.45) is 0. The van der Waals surface area contributed by atoms with Gasteiger partial charge in [-0.15, -0.1) is 0 Å². The Morgan fingerprint density at radius 1 is 0.653 bits per heavy atom. The molecule has 254 valence electrons. The first-order valence-electron chi connectivity index (χ1n) is 14.4. The molecule has 0 saturated carbocycles. The maximum Gasteiger partial charge on any atom is 0.317 e. The first kappa shape index (κ1) is 35.5. The topological polar surface area (TPSA) is 247 Å². The fourth-order valence-corrected chi connectivity index (χ4v) is 4.95. The Morgan fingerprint density at radius 3 is 1.49 bits per heavy atom. The van der Waals surface area contributed by atoms with Crippen molar-refractivity contribution >= 4 is 29.6 Å². The molecule has 3 heterocycles. The maximum atomic E-state index is 11.8. The van der Waals surface area contributed by atoms with Crippen molar-refractivity contribution in [1.82, 2.24) is 24.8 Å². The highest BCUT2D eigenvalue weighted by Crippen LogP contribution is 2.35. The Bertz CT molecular complexity index is 1770. The van der Waals surface area contributed by atoms with E-state index in [9.17, 15) is 49.7 Å². The Kier molecular flexibility index (Phi) is 11.6. The zero-order valence-electron chi connectivity index (χ0n) is 25.9. The van der Waals surface area contributed by atoms with E-state index < -0.39 is 55.0 Å². The summed E-state index contributed by atoms with van der Waals surface area (Å²) in [5.41, 5.74) is 2.54. The average Bonchev–Trinajstić information content (AvgIpc) is 3.03. The van der Waals surface area contributed by atoms with Gasteiger partial charge in [0.2, 0.25) is 0 Å². The number of benzene rings is 1. The highest BCUT2D eigenvalue weighted by Gasteiger charge is 2.20. The number of pyridine rings is 3. The number of aliphatic carboxylic acids is 4. The monoisotopic (exact) mass is 674 g/mol. The quantitative estimate of drug-likeness (QED) is 0.0928. The highest BCUT2D eigenvalue weighted by atomic mass is 16.6. The predicted molar refractivity (Wildman–Crippen MR) is 170 cm³/mol. The van der Waals surface area contributed by atoms with Crippen LogP contribution in [0.5, 0.6) is 5.75 Å². The normalized spacial score (nSPS) is 11.0. The van der Waals surface area contributed by atoms with Crippen LogP contribution in [0.2, 0.25) is 0 Å². The van der Waals surface area contributed by atoms with Gasteiger partial charge in [-0.3, -0.25) is 39.1 Å². The Hall–Kier alpha value is -6.33. The van der Waals surface area contributed by atoms with E-state index in [4.69, 9.17) is 9.72 Å². The van der Waals surface area contributed by atoms with Crippen molar-refractivity contribution in [1.29, 1.82) is 0 Å². The summed E-state index contributed by atoms with van der Waals surface area (Å²) in [5, 5.41) is 48.8. The van der Waals surface area contributed by atoms with E-state index in [1.165, 1.54) is 29.0 Å². The molecule has 17 nitrogen and oxygen atoms in total. The van der Waals surface area contributed by atoms with Crippen LogP contribution in [-0.4, -0.2) is 107 Å². The molecule has 4 rings (SSSR count). The lowest BCUT2D eigenvalue weighted by atomic mass is 10.0. The van der Waals surface area contributed by atoms with Gasteiger partial charge in [0.15, 0.2) is 5.75 Å². The Balaban J connectivity index is 1.82. The lowest BCUT2D eigenvalue weighted by Gasteiger charge is -2.18. The van der Waals surface area contributed by atoms with Crippen molar-refractivity contribution in [3.05, 3.63) is 88.2 Å². The van der Waals surface area contributed by atoms with Crippen LogP contribution in [0, 0.1) is 10.1 Å². The van der Waals surface area contributed by atoms with Crippen molar-refractivity contribution in [2.45, 2.75) is 13.1 Å². The van der Waals surface area contributed by atoms with Gasteiger partial charge in [-0.05, 0) is 53.6 Å². The number of ether oxygens (including phenoxy) is 1. The van der Waals surface area contributed by atoms with Crippen LogP contribution in [0.4, 0.5) is 5.69 Å². The summed E-state index contributed by atoms with van der Waals surface area (Å²) >= 11 is 0. The van der Waals surface area contributed by atoms with Crippen molar-refractivity contribution in [3.63, 3.8) is 0 Å². The second-order valence-electron chi connectivity index (χ2n) is 10.7. The second kappa shape index (κ2) is 16.0. The number of methoxy groups -OCH3 is 1. The van der Waals surface area contributed by atoms with Gasteiger partial charge >= 0.3 is 29.6 Å². The van der Waals surface area contributed by atoms with Crippen molar-refractivity contribution < 1.29 is 49.3 Å². The van der Waals surface area contributed by atoms with Crippen LogP contribution >= 0.6 is 0 Å². The molecule has 0 amide bonds. The van der Waals surface area contributed by atoms with Gasteiger partial charge in [-0.1, -0.05) is 18.2 Å². The van der Waals surface area contributed by atoms with Gasteiger partial charge in [0, 0.05) is 19.2 Å². The van der Waals surface area contributed by atoms with Crippen LogP contribution in [0.3, 0.4) is 0 Å². The van der Waals surface area contributed by atoms with E-state index in [0.29, 0.717) is 45.3 Å². The number of hydrogen-bond donors (Lipinski definition) is 4. The molecule has 17 heteroatoms. The number of carboxylic acids is 4. The van der Waals surface area contributed by atoms with Crippen LogP contribution in [0.1, 0.15) is 11.4 Å². The van der Waals surface area contributed by atoms with E-state index in [0.717, 1.165) is 0 Å². The van der Waals surface area contributed by atoms with E-state index >= 15 is 0 Å². The highest BCUT2D eigenvalue weighted by molar-refractivity contribution is 5.77. The third kappa shape index (κ3) is 10.1. The molecule has 0 aliphatic heterocycles. The number of hydrogen-bond acceptors (Lipinski definition) is 12. The molecule has 4 aromatic rings. The molecule has 0 spiro atoms. The number of aromatic nitrogens is 3. The fourth-order valence-electron chi connectivity index (χ4n) is 4.95. The number of nitro groups is 1. The first-order valence-corrected chi connectivity index (χ1v) is 14.4. The van der Waals surface area contributed by atoms with Gasteiger partial charge in [0.05, 0.1) is 72.4 Å². The molecule has 0 atom stereocenters.